The molecule has 0 unspecified atom stereocenters. The number of aromatic nitrogens is 4. The molecule has 1 fully saturated rings. The zero-order valence-electron chi connectivity index (χ0n) is 10.8. The van der Waals surface area contributed by atoms with Gasteiger partial charge in [0.15, 0.2) is 5.82 Å². The van der Waals surface area contributed by atoms with Crippen LogP contribution in [-0.4, -0.2) is 46.7 Å². The number of morpholine rings is 1. The maximum atomic E-state index is 5.35. The van der Waals surface area contributed by atoms with Gasteiger partial charge in [0.2, 0.25) is 5.82 Å². The standard InChI is InChI=1S/C13H15N5O/c1-10-14-16-13(17-15-10)11-2-4-12(5-3-11)18-6-8-19-9-7-18/h2-5H,6-9H2,1H3. The second kappa shape index (κ2) is 5.27. The van der Waals surface area contributed by atoms with Gasteiger partial charge in [0.05, 0.1) is 13.2 Å². The van der Waals surface area contributed by atoms with E-state index in [0.717, 1.165) is 31.9 Å². The SMILES string of the molecule is Cc1nnc(-c2ccc(N3CCOCC3)cc2)nn1. The first-order chi connectivity index (χ1) is 9.33. The summed E-state index contributed by atoms with van der Waals surface area (Å²) in [4.78, 5) is 2.31. The summed E-state index contributed by atoms with van der Waals surface area (Å²) in [5, 5.41) is 15.9. The Hall–Kier alpha value is -2.08. The van der Waals surface area contributed by atoms with Crippen LogP contribution < -0.4 is 4.90 Å². The average molecular weight is 257 g/mol. The Morgan fingerprint density at radius 2 is 1.58 bits per heavy atom. The normalized spacial score (nSPS) is 15.5. The van der Waals surface area contributed by atoms with Crippen LogP contribution >= 0.6 is 0 Å². The molecule has 1 aromatic heterocycles. The lowest BCUT2D eigenvalue weighted by atomic mass is 10.2. The summed E-state index contributed by atoms with van der Waals surface area (Å²) in [6.45, 7) is 5.21. The fourth-order valence-corrected chi connectivity index (χ4v) is 2.04. The fraction of sp³-hybridized carbons (Fsp3) is 0.385. The maximum Gasteiger partial charge on any atom is 0.203 e. The third-order valence-electron chi connectivity index (χ3n) is 3.08. The molecule has 1 aliphatic rings. The van der Waals surface area contributed by atoms with Gasteiger partial charge in [-0.15, -0.1) is 20.4 Å². The maximum absolute atomic E-state index is 5.35. The van der Waals surface area contributed by atoms with Crippen LogP contribution in [-0.2, 0) is 4.74 Å². The Labute approximate surface area is 111 Å². The monoisotopic (exact) mass is 257 g/mol. The summed E-state index contributed by atoms with van der Waals surface area (Å²) >= 11 is 0. The van der Waals surface area contributed by atoms with Gasteiger partial charge in [-0.1, -0.05) is 0 Å². The van der Waals surface area contributed by atoms with Gasteiger partial charge in [-0.2, -0.15) is 0 Å². The molecular formula is C13H15N5O. The third-order valence-corrected chi connectivity index (χ3v) is 3.08. The van der Waals surface area contributed by atoms with Crippen molar-refractivity contribution < 1.29 is 4.74 Å². The summed E-state index contributed by atoms with van der Waals surface area (Å²) in [5.41, 5.74) is 2.12. The largest absolute Gasteiger partial charge is 0.378 e. The topological polar surface area (TPSA) is 64.0 Å². The van der Waals surface area contributed by atoms with Gasteiger partial charge in [0.25, 0.3) is 0 Å². The average Bonchev–Trinajstić information content (AvgIpc) is 2.49. The van der Waals surface area contributed by atoms with Crippen molar-refractivity contribution in [3.05, 3.63) is 30.1 Å². The van der Waals surface area contributed by atoms with E-state index in [-0.39, 0.29) is 0 Å². The molecule has 2 heterocycles. The highest BCUT2D eigenvalue weighted by Crippen LogP contribution is 2.20. The Balaban J connectivity index is 1.80. The minimum atomic E-state index is 0.555. The summed E-state index contributed by atoms with van der Waals surface area (Å²) in [7, 11) is 0. The summed E-state index contributed by atoms with van der Waals surface area (Å²) in [6.07, 6.45) is 0. The molecule has 6 heteroatoms. The van der Waals surface area contributed by atoms with Gasteiger partial charge in [-0.05, 0) is 31.2 Å². The van der Waals surface area contributed by atoms with Gasteiger partial charge in [0.1, 0.15) is 0 Å². The van der Waals surface area contributed by atoms with Crippen molar-refractivity contribution in [2.45, 2.75) is 6.92 Å². The van der Waals surface area contributed by atoms with E-state index < -0.39 is 0 Å². The summed E-state index contributed by atoms with van der Waals surface area (Å²) in [5.74, 6) is 1.13. The molecule has 2 aromatic rings. The van der Waals surface area contributed by atoms with E-state index in [1.807, 2.05) is 12.1 Å². The molecule has 3 rings (SSSR count). The Morgan fingerprint density at radius 3 is 2.21 bits per heavy atom. The van der Waals surface area contributed by atoms with Crippen LogP contribution in [0.25, 0.3) is 11.4 Å². The number of ether oxygens (including phenoxy) is 1. The first kappa shape index (κ1) is 12.0. The third kappa shape index (κ3) is 2.68. The number of benzene rings is 1. The highest BCUT2D eigenvalue weighted by Gasteiger charge is 2.11. The van der Waals surface area contributed by atoms with E-state index in [9.17, 15) is 0 Å². The highest BCUT2D eigenvalue weighted by molar-refractivity contribution is 5.59. The van der Waals surface area contributed by atoms with Crippen molar-refractivity contribution in [1.82, 2.24) is 20.4 Å². The minimum absolute atomic E-state index is 0.555. The van der Waals surface area contributed by atoms with E-state index in [4.69, 9.17) is 4.74 Å². The van der Waals surface area contributed by atoms with Crippen molar-refractivity contribution in [3.63, 3.8) is 0 Å². The molecule has 0 atom stereocenters. The van der Waals surface area contributed by atoms with Crippen LogP contribution in [0, 0.1) is 6.92 Å². The minimum Gasteiger partial charge on any atom is -0.378 e. The number of rotatable bonds is 2. The molecule has 0 aliphatic carbocycles. The molecule has 0 spiro atoms. The lowest BCUT2D eigenvalue weighted by molar-refractivity contribution is 0.122. The first-order valence-corrected chi connectivity index (χ1v) is 6.30. The number of anilines is 1. The zero-order chi connectivity index (χ0) is 13.1. The predicted molar refractivity (Wildman–Crippen MR) is 70.8 cm³/mol. The van der Waals surface area contributed by atoms with Crippen molar-refractivity contribution >= 4 is 5.69 Å². The zero-order valence-corrected chi connectivity index (χ0v) is 10.8. The van der Waals surface area contributed by atoms with Crippen LogP contribution in [0.1, 0.15) is 5.82 Å². The first-order valence-electron chi connectivity index (χ1n) is 6.30. The Kier molecular flexibility index (Phi) is 3.33. The van der Waals surface area contributed by atoms with E-state index in [1.54, 1.807) is 6.92 Å². The highest BCUT2D eigenvalue weighted by atomic mass is 16.5. The van der Waals surface area contributed by atoms with Gasteiger partial charge in [-0.3, -0.25) is 0 Å². The molecule has 1 aromatic carbocycles. The summed E-state index contributed by atoms with van der Waals surface area (Å²) < 4.78 is 5.35. The van der Waals surface area contributed by atoms with E-state index in [0.29, 0.717) is 11.6 Å². The fourth-order valence-electron chi connectivity index (χ4n) is 2.04. The molecule has 6 nitrogen and oxygen atoms in total. The Bertz CT molecular complexity index is 534. The lowest BCUT2D eigenvalue weighted by Gasteiger charge is -2.28. The number of nitrogens with zero attached hydrogens (tertiary/aromatic N) is 5. The molecule has 0 amide bonds. The second-order valence-electron chi connectivity index (χ2n) is 4.42. The lowest BCUT2D eigenvalue weighted by Crippen LogP contribution is -2.36. The molecular weight excluding hydrogens is 242 g/mol. The molecule has 0 radical (unpaired) electrons. The van der Waals surface area contributed by atoms with Crippen LogP contribution in [0.5, 0.6) is 0 Å². The predicted octanol–water partition coefficient (Wildman–Crippen LogP) is 1.08. The smallest absolute Gasteiger partial charge is 0.203 e. The molecule has 98 valence electrons. The van der Waals surface area contributed by atoms with Crippen molar-refractivity contribution in [3.8, 4) is 11.4 Å². The molecule has 0 saturated carbocycles. The van der Waals surface area contributed by atoms with Gasteiger partial charge in [0, 0.05) is 24.3 Å². The molecule has 0 N–H and O–H groups in total. The number of aryl methyl sites for hydroxylation is 1. The number of hydrogen-bond acceptors (Lipinski definition) is 6. The van der Waals surface area contributed by atoms with Crippen LogP contribution in [0.2, 0.25) is 0 Å². The van der Waals surface area contributed by atoms with E-state index >= 15 is 0 Å². The van der Waals surface area contributed by atoms with Gasteiger partial charge >= 0.3 is 0 Å². The molecule has 1 aliphatic heterocycles. The van der Waals surface area contributed by atoms with Gasteiger partial charge in [-0.25, -0.2) is 0 Å². The van der Waals surface area contributed by atoms with Crippen molar-refractivity contribution in [2.24, 2.45) is 0 Å². The molecule has 1 saturated heterocycles. The van der Waals surface area contributed by atoms with Crippen LogP contribution in [0.4, 0.5) is 5.69 Å². The van der Waals surface area contributed by atoms with E-state index in [1.165, 1.54) is 5.69 Å². The van der Waals surface area contributed by atoms with Crippen molar-refractivity contribution in [1.29, 1.82) is 0 Å². The molecule has 19 heavy (non-hydrogen) atoms. The van der Waals surface area contributed by atoms with Crippen molar-refractivity contribution in [2.75, 3.05) is 31.2 Å². The molecule has 0 bridgehead atoms. The van der Waals surface area contributed by atoms with Gasteiger partial charge < -0.3 is 9.64 Å². The van der Waals surface area contributed by atoms with E-state index in [2.05, 4.69) is 37.4 Å². The quantitative estimate of drug-likeness (QED) is 0.802. The van der Waals surface area contributed by atoms with Crippen LogP contribution in [0.15, 0.2) is 24.3 Å². The second-order valence-corrected chi connectivity index (χ2v) is 4.42. The Morgan fingerprint density at radius 1 is 0.947 bits per heavy atom. The summed E-state index contributed by atoms with van der Waals surface area (Å²) in [6, 6.07) is 8.14. The van der Waals surface area contributed by atoms with Crippen LogP contribution in [0.3, 0.4) is 0 Å². The number of hydrogen-bond donors (Lipinski definition) is 0.